The molecule has 0 radical (unpaired) electrons. The van der Waals surface area contributed by atoms with E-state index in [0.29, 0.717) is 19.5 Å². The highest BCUT2D eigenvalue weighted by Gasteiger charge is 2.07. The first kappa shape index (κ1) is 22.0. The molecule has 0 saturated heterocycles. The number of hydrogen-bond acceptors (Lipinski definition) is 4. The van der Waals surface area contributed by atoms with E-state index in [1.54, 1.807) is 11.3 Å². The van der Waals surface area contributed by atoms with Crippen LogP contribution < -0.4 is 10.6 Å². The predicted molar refractivity (Wildman–Crippen MR) is 125 cm³/mol. The third-order valence-corrected chi connectivity index (χ3v) is 5.67. The number of benzene rings is 2. The Bertz CT molecular complexity index is 896. The van der Waals surface area contributed by atoms with Gasteiger partial charge in [-0.3, -0.25) is 0 Å². The van der Waals surface area contributed by atoms with E-state index in [0.717, 1.165) is 41.6 Å². The summed E-state index contributed by atoms with van der Waals surface area (Å²) in [6, 6.07) is 20.2. The summed E-state index contributed by atoms with van der Waals surface area (Å²) in [7, 11) is 0. The van der Waals surface area contributed by atoms with Crippen LogP contribution in [0.1, 0.15) is 41.3 Å². The fraction of sp³-hybridized carbons (Fsp3) is 0.333. The Morgan fingerprint density at radius 3 is 2.50 bits per heavy atom. The van der Waals surface area contributed by atoms with Crippen LogP contribution in [0.2, 0.25) is 0 Å². The van der Waals surface area contributed by atoms with Crippen molar-refractivity contribution >= 4 is 17.3 Å². The van der Waals surface area contributed by atoms with E-state index >= 15 is 0 Å². The summed E-state index contributed by atoms with van der Waals surface area (Å²) in [4.78, 5) is 9.36. The molecule has 5 nitrogen and oxygen atoms in total. The Hall–Kier alpha value is -2.70. The van der Waals surface area contributed by atoms with Gasteiger partial charge in [0.15, 0.2) is 5.96 Å². The van der Waals surface area contributed by atoms with Gasteiger partial charge in [-0.15, -0.1) is 11.3 Å². The number of nitrogens with zero attached hydrogens (tertiary/aromatic N) is 2. The van der Waals surface area contributed by atoms with Crippen molar-refractivity contribution in [2.75, 3.05) is 13.1 Å². The zero-order valence-corrected chi connectivity index (χ0v) is 18.2. The molecule has 1 atom stereocenters. The van der Waals surface area contributed by atoms with Crippen LogP contribution in [0, 0.1) is 0 Å². The minimum Gasteiger partial charge on any atom is -0.388 e. The van der Waals surface area contributed by atoms with E-state index in [1.807, 2.05) is 43.3 Å². The summed E-state index contributed by atoms with van der Waals surface area (Å²) in [5.74, 6) is 0.747. The Balaban J connectivity index is 1.46. The topological polar surface area (TPSA) is 69.5 Å². The van der Waals surface area contributed by atoms with E-state index < -0.39 is 6.10 Å². The lowest BCUT2D eigenvalue weighted by Gasteiger charge is -2.14. The van der Waals surface area contributed by atoms with Crippen LogP contribution >= 0.6 is 11.3 Å². The maximum atomic E-state index is 10.3. The molecule has 3 rings (SSSR count). The van der Waals surface area contributed by atoms with E-state index in [1.165, 1.54) is 5.56 Å². The number of aliphatic hydroxyl groups is 1. The van der Waals surface area contributed by atoms with Crippen molar-refractivity contribution < 1.29 is 5.11 Å². The largest absolute Gasteiger partial charge is 0.388 e. The van der Waals surface area contributed by atoms with Crippen LogP contribution in [0.4, 0.5) is 0 Å². The number of nitrogens with one attached hydrogen (secondary N) is 2. The molecule has 30 heavy (non-hydrogen) atoms. The summed E-state index contributed by atoms with van der Waals surface area (Å²) in [6.07, 6.45) is 2.10. The van der Waals surface area contributed by atoms with Gasteiger partial charge in [0, 0.05) is 24.9 Å². The second-order valence-electron chi connectivity index (χ2n) is 7.06. The lowest BCUT2D eigenvalue weighted by molar-refractivity contribution is 0.168. The van der Waals surface area contributed by atoms with E-state index in [4.69, 9.17) is 4.98 Å². The van der Waals surface area contributed by atoms with Crippen LogP contribution in [-0.4, -0.2) is 29.1 Å². The molecule has 1 unspecified atom stereocenters. The summed E-state index contributed by atoms with van der Waals surface area (Å²) >= 11 is 1.70. The SMILES string of the molecule is CCNC(=NCc1csc(CCc2ccccc2)n1)NCCC(O)c1ccccc1. The molecule has 158 valence electrons. The van der Waals surface area contributed by atoms with Gasteiger partial charge in [0.25, 0.3) is 0 Å². The number of aromatic nitrogens is 1. The molecule has 2 aromatic carbocycles. The maximum Gasteiger partial charge on any atom is 0.191 e. The van der Waals surface area contributed by atoms with Crippen LogP contribution in [-0.2, 0) is 19.4 Å². The van der Waals surface area contributed by atoms with Gasteiger partial charge in [0.1, 0.15) is 0 Å². The minimum atomic E-state index is -0.479. The lowest BCUT2D eigenvalue weighted by atomic mass is 10.1. The lowest BCUT2D eigenvalue weighted by Crippen LogP contribution is -2.38. The molecule has 0 aliphatic carbocycles. The molecule has 6 heteroatoms. The van der Waals surface area contributed by atoms with E-state index in [9.17, 15) is 5.11 Å². The van der Waals surface area contributed by atoms with E-state index in [-0.39, 0.29) is 0 Å². The summed E-state index contributed by atoms with van der Waals surface area (Å²) in [5, 5.41) is 20.1. The molecular formula is C24H30N4OS. The molecule has 0 saturated carbocycles. The Morgan fingerprint density at radius 2 is 1.77 bits per heavy atom. The number of hydrogen-bond donors (Lipinski definition) is 3. The standard InChI is InChI=1S/C24H30N4OS/c1-2-25-24(26-16-15-22(29)20-11-7-4-8-12-20)27-17-21-18-30-23(28-21)14-13-19-9-5-3-6-10-19/h3-12,18,22,29H,2,13-17H2,1H3,(H2,25,26,27). The molecule has 0 aliphatic heterocycles. The number of aliphatic imine (C=N–C) groups is 1. The monoisotopic (exact) mass is 422 g/mol. The van der Waals surface area contributed by atoms with Gasteiger partial charge >= 0.3 is 0 Å². The number of aliphatic hydroxyl groups excluding tert-OH is 1. The molecule has 1 heterocycles. The van der Waals surface area contributed by atoms with Gasteiger partial charge < -0.3 is 15.7 Å². The van der Waals surface area contributed by atoms with Crippen LogP contribution in [0.3, 0.4) is 0 Å². The minimum absolute atomic E-state index is 0.479. The van der Waals surface area contributed by atoms with Gasteiger partial charge in [-0.2, -0.15) is 0 Å². The summed E-state index contributed by atoms with van der Waals surface area (Å²) < 4.78 is 0. The fourth-order valence-electron chi connectivity index (χ4n) is 3.10. The quantitative estimate of drug-likeness (QED) is 0.340. The second kappa shape index (κ2) is 12.1. The molecule has 0 amide bonds. The highest BCUT2D eigenvalue weighted by atomic mass is 32.1. The van der Waals surface area contributed by atoms with Crippen molar-refractivity contribution in [2.45, 2.75) is 38.8 Å². The summed E-state index contributed by atoms with van der Waals surface area (Å²) in [5.41, 5.74) is 3.26. The van der Waals surface area contributed by atoms with Crippen molar-refractivity contribution in [1.29, 1.82) is 0 Å². The normalized spacial score (nSPS) is 12.5. The Kier molecular flexibility index (Phi) is 8.87. The number of guanidine groups is 1. The first-order chi connectivity index (χ1) is 14.7. The van der Waals surface area contributed by atoms with E-state index in [2.05, 4.69) is 45.3 Å². The van der Waals surface area contributed by atoms with Gasteiger partial charge in [0.05, 0.1) is 23.4 Å². The maximum absolute atomic E-state index is 10.3. The van der Waals surface area contributed by atoms with Crippen molar-refractivity contribution in [1.82, 2.24) is 15.6 Å². The highest BCUT2D eigenvalue weighted by molar-refractivity contribution is 7.09. The van der Waals surface area contributed by atoms with Gasteiger partial charge in [0.2, 0.25) is 0 Å². The van der Waals surface area contributed by atoms with Gasteiger partial charge in [-0.25, -0.2) is 9.98 Å². The molecule has 3 N–H and O–H groups in total. The fourth-order valence-corrected chi connectivity index (χ4v) is 3.89. The van der Waals surface area contributed by atoms with Gasteiger partial charge in [-0.1, -0.05) is 60.7 Å². The Labute approximate surface area is 182 Å². The smallest absolute Gasteiger partial charge is 0.191 e. The first-order valence-corrected chi connectivity index (χ1v) is 11.3. The average molecular weight is 423 g/mol. The molecule has 0 aliphatic rings. The van der Waals surface area contributed by atoms with Crippen molar-refractivity contribution in [3.63, 3.8) is 0 Å². The zero-order valence-electron chi connectivity index (χ0n) is 17.4. The second-order valence-corrected chi connectivity index (χ2v) is 8.00. The number of rotatable bonds is 10. The average Bonchev–Trinajstić information content (AvgIpc) is 3.25. The van der Waals surface area contributed by atoms with Crippen molar-refractivity contribution in [3.05, 3.63) is 87.9 Å². The highest BCUT2D eigenvalue weighted by Crippen LogP contribution is 2.15. The first-order valence-electron chi connectivity index (χ1n) is 10.5. The predicted octanol–water partition coefficient (Wildman–Crippen LogP) is 4.11. The van der Waals surface area contributed by atoms with Crippen molar-refractivity contribution in [3.8, 4) is 0 Å². The molecule has 0 bridgehead atoms. The van der Waals surface area contributed by atoms with Crippen LogP contribution in [0.15, 0.2) is 71.0 Å². The van der Waals surface area contributed by atoms with Gasteiger partial charge in [-0.05, 0) is 30.9 Å². The molecular weight excluding hydrogens is 392 g/mol. The Morgan fingerprint density at radius 1 is 1.03 bits per heavy atom. The third-order valence-electron chi connectivity index (χ3n) is 4.71. The number of aryl methyl sites for hydroxylation is 2. The number of thiazole rings is 1. The third kappa shape index (κ3) is 7.28. The molecule has 1 aromatic heterocycles. The molecule has 0 spiro atoms. The van der Waals surface area contributed by atoms with Crippen LogP contribution in [0.5, 0.6) is 0 Å². The summed E-state index contributed by atoms with van der Waals surface area (Å²) in [6.45, 7) is 4.01. The van der Waals surface area contributed by atoms with Crippen molar-refractivity contribution in [2.24, 2.45) is 4.99 Å². The molecule has 0 fully saturated rings. The zero-order chi connectivity index (χ0) is 21.0. The van der Waals surface area contributed by atoms with Crippen LogP contribution in [0.25, 0.3) is 0 Å². The molecule has 3 aromatic rings.